The second-order valence-electron chi connectivity index (χ2n) is 4.55. The number of benzene rings is 2. The number of fused-ring (bicyclic) bond motifs is 1. The molecular weight excluding hydrogens is 280 g/mol. The van der Waals surface area contributed by atoms with Crippen LogP contribution < -0.4 is 5.76 Å². The van der Waals surface area contributed by atoms with E-state index in [1.54, 1.807) is 12.1 Å². The van der Waals surface area contributed by atoms with E-state index in [9.17, 15) is 18.4 Å². The van der Waals surface area contributed by atoms with E-state index < -0.39 is 17.4 Å². The molecule has 0 aliphatic rings. The quantitative estimate of drug-likeness (QED) is 0.697. The number of hydrogen-bond acceptors (Lipinski definition) is 3. The lowest BCUT2D eigenvalue weighted by Crippen LogP contribution is -2.15. The lowest BCUT2D eigenvalue weighted by atomic mass is 10.2. The van der Waals surface area contributed by atoms with Gasteiger partial charge in [-0.15, -0.1) is 0 Å². The number of hydrogen-bond donors (Lipinski definition) is 0. The molecule has 0 aliphatic heterocycles. The molecule has 0 saturated heterocycles. The zero-order chi connectivity index (χ0) is 15.0. The zero-order valence-corrected chi connectivity index (χ0v) is 10.7. The molecule has 4 nitrogen and oxygen atoms in total. The van der Waals surface area contributed by atoms with E-state index in [2.05, 4.69) is 0 Å². The van der Waals surface area contributed by atoms with E-state index in [0.29, 0.717) is 22.9 Å². The van der Waals surface area contributed by atoms with E-state index in [4.69, 9.17) is 4.42 Å². The van der Waals surface area contributed by atoms with Crippen molar-refractivity contribution in [2.24, 2.45) is 0 Å². The molecule has 0 amide bonds. The van der Waals surface area contributed by atoms with Crippen molar-refractivity contribution in [3.63, 3.8) is 0 Å². The number of aldehydes is 1. The zero-order valence-electron chi connectivity index (χ0n) is 10.7. The topological polar surface area (TPSA) is 52.2 Å². The maximum atomic E-state index is 13.2. The molecule has 3 rings (SSSR count). The highest BCUT2D eigenvalue weighted by Crippen LogP contribution is 2.16. The van der Waals surface area contributed by atoms with Gasteiger partial charge in [0.2, 0.25) is 0 Å². The minimum atomic E-state index is -0.975. The molecule has 1 heterocycles. The molecule has 0 spiro atoms. The van der Waals surface area contributed by atoms with Crippen LogP contribution in [0.25, 0.3) is 11.1 Å². The van der Waals surface area contributed by atoms with E-state index in [0.717, 1.165) is 12.1 Å². The predicted octanol–water partition coefficient (Wildman–Crippen LogP) is 2.73. The summed E-state index contributed by atoms with van der Waals surface area (Å²) in [4.78, 5) is 22.5. The van der Waals surface area contributed by atoms with Gasteiger partial charge in [-0.3, -0.25) is 9.36 Å². The third kappa shape index (κ3) is 2.35. The van der Waals surface area contributed by atoms with Crippen molar-refractivity contribution in [1.29, 1.82) is 0 Å². The average molecular weight is 289 g/mol. The molecule has 106 valence electrons. The second kappa shape index (κ2) is 4.97. The molecule has 0 saturated carbocycles. The number of rotatable bonds is 3. The SMILES string of the molecule is O=Cc1ccc2c(c1)oc(=O)n2Cc1ccc(F)c(F)c1. The largest absolute Gasteiger partial charge is 0.420 e. The van der Waals surface area contributed by atoms with Gasteiger partial charge in [0, 0.05) is 5.56 Å². The molecule has 0 fully saturated rings. The third-order valence-electron chi connectivity index (χ3n) is 3.15. The molecule has 0 N–H and O–H groups in total. The normalized spacial score (nSPS) is 11.0. The summed E-state index contributed by atoms with van der Waals surface area (Å²) in [7, 11) is 0. The highest BCUT2D eigenvalue weighted by Gasteiger charge is 2.11. The van der Waals surface area contributed by atoms with Crippen LogP contribution in [-0.2, 0) is 6.54 Å². The fourth-order valence-corrected chi connectivity index (χ4v) is 2.13. The summed E-state index contributed by atoms with van der Waals surface area (Å²) in [6, 6.07) is 7.99. The smallest absolute Gasteiger partial charge is 0.408 e. The summed E-state index contributed by atoms with van der Waals surface area (Å²) in [5, 5.41) is 0. The Balaban J connectivity index is 2.07. The first kappa shape index (κ1) is 13.2. The van der Waals surface area contributed by atoms with Crippen LogP contribution in [0.1, 0.15) is 15.9 Å². The Morgan fingerprint density at radius 3 is 2.62 bits per heavy atom. The third-order valence-corrected chi connectivity index (χ3v) is 3.15. The fraction of sp³-hybridized carbons (Fsp3) is 0.0667. The van der Waals surface area contributed by atoms with Crippen LogP contribution >= 0.6 is 0 Å². The van der Waals surface area contributed by atoms with Gasteiger partial charge < -0.3 is 4.42 Å². The molecular formula is C15H9F2NO3. The number of halogens is 2. The highest BCUT2D eigenvalue weighted by molar-refractivity contribution is 5.83. The van der Waals surface area contributed by atoms with Gasteiger partial charge in [-0.05, 0) is 35.9 Å². The van der Waals surface area contributed by atoms with Crippen molar-refractivity contribution in [2.75, 3.05) is 0 Å². The van der Waals surface area contributed by atoms with Gasteiger partial charge >= 0.3 is 5.76 Å². The van der Waals surface area contributed by atoms with Crippen LogP contribution in [0.5, 0.6) is 0 Å². The molecule has 0 radical (unpaired) electrons. The highest BCUT2D eigenvalue weighted by atomic mass is 19.2. The van der Waals surface area contributed by atoms with Gasteiger partial charge in [-0.2, -0.15) is 0 Å². The summed E-state index contributed by atoms with van der Waals surface area (Å²) < 4.78 is 32.4. The summed E-state index contributed by atoms with van der Waals surface area (Å²) in [5.41, 5.74) is 1.57. The maximum Gasteiger partial charge on any atom is 0.420 e. The van der Waals surface area contributed by atoms with Gasteiger partial charge in [0.15, 0.2) is 17.2 Å². The van der Waals surface area contributed by atoms with Crippen molar-refractivity contribution in [3.8, 4) is 0 Å². The van der Waals surface area contributed by atoms with Gasteiger partial charge in [0.1, 0.15) is 6.29 Å². The average Bonchev–Trinajstić information content (AvgIpc) is 2.78. The standard InChI is InChI=1S/C15H9F2NO3/c16-11-3-1-9(5-12(11)17)7-18-13-4-2-10(8-19)6-14(13)21-15(18)20/h1-6,8H,7H2. The maximum absolute atomic E-state index is 13.2. The van der Waals surface area contributed by atoms with Crippen LogP contribution in [0.3, 0.4) is 0 Å². The van der Waals surface area contributed by atoms with Crippen molar-refractivity contribution < 1.29 is 18.0 Å². The van der Waals surface area contributed by atoms with Crippen LogP contribution in [0.4, 0.5) is 8.78 Å². The van der Waals surface area contributed by atoms with E-state index in [-0.39, 0.29) is 12.1 Å². The number of aromatic nitrogens is 1. The Labute approximate surface area is 117 Å². The van der Waals surface area contributed by atoms with Crippen molar-refractivity contribution in [3.05, 3.63) is 69.7 Å². The van der Waals surface area contributed by atoms with E-state index in [1.165, 1.54) is 16.7 Å². The summed E-state index contributed by atoms with van der Waals surface area (Å²) >= 11 is 0. The Hall–Kier alpha value is -2.76. The molecule has 0 bridgehead atoms. The minimum absolute atomic E-state index is 0.0451. The molecule has 0 atom stereocenters. The fourth-order valence-electron chi connectivity index (χ4n) is 2.13. The summed E-state index contributed by atoms with van der Waals surface area (Å²) in [5.74, 6) is -2.55. The Bertz CT molecular complexity index is 896. The van der Waals surface area contributed by atoms with Gasteiger partial charge in [-0.25, -0.2) is 13.6 Å². The number of nitrogens with zero attached hydrogens (tertiary/aromatic N) is 1. The van der Waals surface area contributed by atoms with E-state index in [1.807, 2.05) is 0 Å². The Morgan fingerprint density at radius 1 is 1.10 bits per heavy atom. The Kier molecular flexibility index (Phi) is 3.13. The lowest BCUT2D eigenvalue weighted by molar-refractivity contribution is 0.112. The monoisotopic (exact) mass is 289 g/mol. The first-order chi connectivity index (χ1) is 10.1. The summed E-state index contributed by atoms with van der Waals surface area (Å²) in [6.07, 6.45) is 0.645. The molecule has 0 aliphatic carbocycles. The first-order valence-electron chi connectivity index (χ1n) is 6.11. The number of oxazole rings is 1. The summed E-state index contributed by atoms with van der Waals surface area (Å²) in [6.45, 7) is 0.0451. The van der Waals surface area contributed by atoms with Crippen molar-refractivity contribution >= 4 is 17.4 Å². The van der Waals surface area contributed by atoms with Crippen LogP contribution in [-0.4, -0.2) is 10.9 Å². The molecule has 1 aromatic heterocycles. The molecule has 3 aromatic rings. The minimum Gasteiger partial charge on any atom is -0.408 e. The van der Waals surface area contributed by atoms with Crippen LogP contribution in [0.15, 0.2) is 45.6 Å². The second-order valence-corrected chi connectivity index (χ2v) is 4.55. The van der Waals surface area contributed by atoms with Gasteiger partial charge in [-0.1, -0.05) is 6.07 Å². The van der Waals surface area contributed by atoms with Crippen LogP contribution in [0.2, 0.25) is 0 Å². The number of carbonyl (C=O) groups is 1. The first-order valence-corrected chi connectivity index (χ1v) is 6.11. The molecule has 21 heavy (non-hydrogen) atoms. The Morgan fingerprint density at radius 2 is 1.90 bits per heavy atom. The predicted molar refractivity (Wildman–Crippen MR) is 71.3 cm³/mol. The molecule has 0 unspecified atom stereocenters. The van der Waals surface area contributed by atoms with Gasteiger partial charge in [0.25, 0.3) is 0 Å². The van der Waals surface area contributed by atoms with Crippen molar-refractivity contribution in [2.45, 2.75) is 6.54 Å². The van der Waals surface area contributed by atoms with Crippen molar-refractivity contribution in [1.82, 2.24) is 4.57 Å². The van der Waals surface area contributed by atoms with Gasteiger partial charge in [0.05, 0.1) is 12.1 Å². The number of carbonyl (C=O) groups excluding carboxylic acids is 1. The molecule has 2 aromatic carbocycles. The van der Waals surface area contributed by atoms with E-state index >= 15 is 0 Å². The van der Waals surface area contributed by atoms with Crippen LogP contribution in [0, 0.1) is 11.6 Å². The lowest BCUT2D eigenvalue weighted by Gasteiger charge is -2.03. The molecule has 6 heteroatoms.